The number of terminal acetylenes is 1. The van der Waals surface area contributed by atoms with Gasteiger partial charge in [-0.1, -0.05) is 6.42 Å². The van der Waals surface area contributed by atoms with Crippen molar-refractivity contribution in [1.82, 2.24) is 5.32 Å². The lowest BCUT2D eigenvalue weighted by molar-refractivity contribution is 0.319. The fourth-order valence-electron chi connectivity index (χ4n) is 3.23. The predicted octanol–water partition coefficient (Wildman–Crippen LogP) is 2.43. The number of unbranched alkanes of at least 4 members (excludes halogenated alkanes) is 1. The van der Waals surface area contributed by atoms with Gasteiger partial charge in [0.05, 0.1) is 0 Å². The topological polar surface area (TPSA) is 12.0 Å². The van der Waals surface area contributed by atoms with Crippen LogP contribution < -0.4 is 5.32 Å². The molecule has 0 aromatic carbocycles. The molecule has 0 spiro atoms. The minimum absolute atomic E-state index is 0.920. The molecule has 1 N–H and O–H groups in total. The molecule has 0 saturated heterocycles. The third kappa shape index (κ3) is 2.30. The highest BCUT2D eigenvalue weighted by atomic mass is 14.9. The molecule has 2 rings (SSSR count). The molecule has 2 saturated carbocycles. The van der Waals surface area contributed by atoms with Crippen LogP contribution in [0.2, 0.25) is 0 Å². The summed E-state index contributed by atoms with van der Waals surface area (Å²) in [6, 6.07) is 0. The highest BCUT2D eigenvalue weighted by Gasteiger charge is 2.38. The fourth-order valence-corrected chi connectivity index (χ4v) is 3.23. The maximum absolute atomic E-state index is 5.20. The second-order valence-corrected chi connectivity index (χ2v) is 4.95. The van der Waals surface area contributed by atoms with E-state index in [9.17, 15) is 0 Å². The van der Waals surface area contributed by atoms with Crippen LogP contribution in [0.4, 0.5) is 0 Å². The van der Waals surface area contributed by atoms with Gasteiger partial charge in [-0.25, -0.2) is 0 Å². The van der Waals surface area contributed by atoms with Gasteiger partial charge in [0.25, 0.3) is 0 Å². The zero-order chi connectivity index (χ0) is 9.80. The molecule has 0 aliphatic heterocycles. The highest BCUT2D eigenvalue weighted by molar-refractivity contribution is 4.90. The molecule has 14 heavy (non-hydrogen) atoms. The summed E-state index contributed by atoms with van der Waals surface area (Å²) in [5.41, 5.74) is 0. The monoisotopic (exact) mass is 191 g/mol. The molecule has 3 atom stereocenters. The normalized spacial score (nSPS) is 34.6. The van der Waals surface area contributed by atoms with Gasteiger partial charge in [-0.05, 0) is 56.5 Å². The van der Waals surface area contributed by atoms with Crippen molar-refractivity contribution in [3.05, 3.63) is 0 Å². The van der Waals surface area contributed by atoms with E-state index in [0.717, 1.165) is 37.1 Å². The summed E-state index contributed by atoms with van der Waals surface area (Å²) < 4.78 is 0. The van der Waals surface area contributed by atoms with Crippen molar-refractivity contribution in [2.24, 2.45) is 17.8 Å². The van der Waals surface area contributed by atoms with Gasteiger partial charge >= 0.3 is 0 Å². The first kappa shape index (κ1) is 10.1. The van der Waals surface area contributed by atoms with Gasteiger partial charge in [-0.3, -0.25) is 0 Å². The van der Waals surface area contributed by atoms with Crippen LogP contribution in [0.5, 0.6) is 0 Å². The molecule has 2 aliphatic rings. The Balaban J connectivity index is 1.56. The van der Waals surface area contributed by atoms with Gasteiger partial charge in [-0.2, -0.15) is 0 Å². The van der Waals surface area contributed by atoms with Crippen molar-refractivity contribution in [3.8, 4) is 12.3 Å². The standard InChI is InChI=1S/C13H21N/c1-2-3-4-7-14-10-13-9-11-5-6-12(13)8-11/h1,11-14H,3-10H2. The van der Waals surface area contributed by atoms with Crippen molar-refractivity contribution in [2.75, 3.05) is 13.1 Å². The number of hydrogen-bond acceptors (Lipinski definition) is 1. The predicted molar refractivity (Wildman–Crippen MR) is 59.9 cm³/mol. The van der Waals surface area contributed by atoms with Crippen molar-refractivity contribution >= 4 is 0 Å². The lowest BCUT2D eigenvalue weighted by Crippen LogP contribution is -2.27. The Kier molecular flexibility index (Phi) is 3.48. The smallest absolute Gasteiger partial charge is 0.00981 e. The third-order valence-electron chi connectivity index (χ3n) is 3.97. The number of nitrogens with one attached hydrogen (secondary N) is 1. The lowest BCUT2D eigenvalue weighted by Gasteiger charge is -2.21. The third-order valence-corrected chi connectivity index (χ3v) is 3.97. The molecule has 0 amide bonds. The van der Waals surface area contributed by atoms with Crippen LogP contribution in [0.3, 0.4) is 0 Å². The zero-order valence-electron chi connectivity index (χ0n) is 8.97. The Morgan fingerprint density at radius 2 is 2.21 bits per heavy atom. The van der Waals surface area contributed by atoms with Crippen LogP contribution in [0.25, 0.3) is 0 Å². The SMILES string of the molecule is C#CCCCNCC1CC2CCC1C2. The van der Waals surface area contributed by atoms with Crippen LogP contribution in [-0.2, 0) is 0 Å². The Morgan fingerprint density at radius 3 is 2.86 bits per heavy atom. The van der Waals surface area contributed by atoms with Gasteiger partial charge in [0.1, 0.15) is 0 Å². The van der Waals surface area contributed by atoms with Gasteiger partial charge in [0, 0.05) is 6.42 Å². The zero-order valence-corrected chi connectivity index (χ0v) is 8.97. The summed E-state index contributed by atoms with van der Waals surface area (Å²) >= 11 is 0. The van der Waals surface area contributed by atoms with Crippen molar-refractivity contribution < 1.29 is 0 Å². The Hall–Kier alpha value is -0.480. The first-order chi connectivity index (χ1) is 6.90. The summed E-state index contributed by atoms with van der Waals surface area (Å²) in [5.74, 6) is 5.81. The molecule has 0 aromatic rings. The van der Waals surface area contributed by atoms with Crippen molar-refractivity contribution in [2.45, 2.75) is 38.5 Å². The average molecular weight is 191 g/mol. The van der Waals surface area contributed by atoms with Crippen LogP contribution in [-0.4, -0.2) is 13.1 Å². The average Bonchev–Trinajstić information content (AvgIpc) is 2.79. The Labute approximate surface area is 87.7 Å². The summed E-state index contributed by atoms with van der Waals surface area (Å²) in [4.78, 5) is 0. The van der Waals surface area contributed by atoms with Gasteiger partial charge < -0.3 is 5.32 Å². The van der Waals surface area contributed by atoms with E-state index in [1.54, 1.807) is 0 Å². The summed E-state index contributed by atoms with van der Waals surface area (Å²) in [5, 5.41) is 3.55. The molecular weight excluding hydrogens is 170 g/mol. The number of fused-ring (bicyclic) bond motifs is 2. The second-order valence-electron chi connectivity index (χ2n) is 4.95. The van der Waals surface area contributed by atoms with E-state index in [4.69, 9.17) is 6.42 Å². The number of rotatable bonds is 5. The van der Waals surface area contributed by atoms with Gasteiger partial charge in [0.2, 0.25) is 0 Å². The van der Waals surface area contributed by atoms with Crippen LogP contribution >= 0.6 is 0 Å². The van der Waals surface area contributed by atoms with Crippen LogP contribution in [0.15, 0.2) is 0 Å². The van der Waals surface area contributed by atoms with E-state index in [0.29, 0.717) is 0 Å². The van der Waals surface area contributed by atoms with E-state index in [2.05, 4.69) is 11.2 Å². The van der Waals surface area contributed by atoms with Crippen molar-refractivity contribution in [3.63, 3.8) is 0 Å². The molecule has 2 bridgehead atoms. The molecule has 1 nitrogen and oxygen atoms in total. The van der Waals surface area contributed by atoms with E-state index >= 15 is 0 Å². The van der Waals surface area contributed by atoms with E-state index in [1.165, 1.54) is 32.2 Å². The molecule has 0 radical (unpaired) electrons. The molecule has 3 unspecified atom stereocenters. The van der Waals surface area contributed by atoms with E-state index in [1.807, 2.05) is 0 Å². The Morgan fingerprint density at radius 1 is 1.29 bits per heavy atom. The first-order valence-electron chi connectivity index (χ1n) is 6.04. The summed E-state index contributed by atoms with van der Waals surface area (Å²) in [6.45, 7) is 2.35. The summed E-state index contributed by atoms with van der Waals surface area (Å²) in [6.07, 6.45) is 13.3. The largest absolute Gasteiger partial charge is 0.316 e. The maximum Gasteiger partial charge on any atom is 0.00981 e. The van der Waals surface area contributed by atoms with Crippen LogP contribution in [0.1, 0.15) is 38.5 Å². The molecule has 2 fully saturated rings. The minimum Gasteiger partial charge on any atom is -0.316 e. The minimum atomic E-state index is 0.920. The van der Waals surface area contributed by atoms with E-state index in [-0.39, 0.29) is 0 Å². The molecule has 0 aromatic heterocycles. The first-order valence-corrected chi connectivity index (χ1v) is 6.04. The van der Waals surface area contributed by atoms with Gasteiger partial charge in [0.15, 0.2) is 0 Å². The molecule has 0 heterocycles. The maximum atomic E-state index is 5.20. The van der Waals surface area contributed by atoms with Crippen LogP contribution in [0, 0.1) is 30.1 Å². The molecule has 78 valence electrons. The lowest BCUT2D eigenvalue weighted by atomic mass is 9.89. The van der Waals surface area contributed by atoms with Crippen molar-refractivity contribution in [1.29, 1.82) is 0 Å². The Bertz CT molecular complexity index is 216. The highest BCUT2D eigenvalue weighted by Crippen LogP contribution is 2.47. The van der Waals surface area contributed by atoms with E-state index < -0.39 is 0 Å². The molecule has 2 aliphatic carbocycles. The summed E-state index contributed by atoms with van der Waals surface area (Å²) in [7, 11) is 0. The quantitative estimate of drug-likeness (QED) is 0.520. The molecular formula is C13H21N. The second kappa shape index (κ2) is 4.84. The van der Waals surface area contributed by atoms with Gasteiger partial charge in [-0.15, -0.1) is 12.3 Å². The fraction of sp³-hybridized carbons (Fsp3) is 0.846. The molecule has 1 heteroatoms. The number of hydrogen-bond donors (Lipinski definition) is 1.